The summed E-state index contributed by atoms with van der Waals surface area (Å²) in [6.45, 7) is 1.27. The Morgan fingerprint density at radius 1 is 1.14 bits per heavy atom. The van der Waals surface area contributed by atoms with Crippen molar-refractivity contribution in [1.29, 1.82) is 0 Å². The highest BCUT2D eigenvalue weighted by Gasteiger charge is 2.17. The number of ether oxygens (including phenoxy) is 1. The van der Waals surface area contributed by atoms with E-state index in [1.54, 1.807) is 31.4 Å². The number of hydrogen-bond donors (Lipinski definition) is 1. The summed E-state index contributed by atoms with van der Waals surface area (Å²) in [5.74, 6) is 0.739. The highest BCUT2D eigenvalue weighted by Crippen LogP contribution is 2.29. The Bertz CT molecular complexity index is 963. The molecule has 0 atom stereocenters. The Hall–Kier alpha value is -2.06. The van der Waals surface area contributed by atoms with Gasteiger partial charge in [-0.3, -0.25) is 4.79 Å². The number of nitrogens with one attached hydrogen (secondary N) is 1. The molecular formula is C20H20Cl2N4O2S. The third-order valence-electron chi connectivity index (χ3n) is 4.02. The second-order valence-electron chi connectivity index (χ2n) is 6.13. The first kappa shape index (κ1) is 21.6. The van der Waals surface area contributed by atoms with Crippen LogP contribution in [-0.4, -0.2) is 40.1 Å². The number of anilines is 1. The van der Waals surface area contributed by atoms with E-state index in [1.807, 2.05) is 28.8 Å². The van der Waals surface area contributed by atoms with Gasteiger partial charge in [0.2, 0.25) is 5.91 Å². The average Bonchev–Trinajstić information content (AvgIpc) is 3.11. The summed E-state index contributed by atoms with van der Waals surface area (Å²) in [6, 6.07) is 14.5. The summed E-state index contributed by atoms with van der Waals surface area (Å²) in [4.78, 5) is 12.3. The van der Waals surface area contributed by atoms with E-state index >= 15 is 0 Å². The second-order valence-corrected chi connectivity index (χ2v) is 7.91. The molecule has 29 heavy (non-hydrogen) atoms. The van der Waals surface area contributed by atoms with Gasteiger partial charge in [0.25, 0.3) is 0 Å². The van der Waals surface area contributed by atoms with Gasteiger partial charge in [-0.15, -0.1) is 10.2 Å². The number of carbonyl (C=O) groups excluding carboxylic acids is 1. The van der Waals surface area contributed by atoms with Gasteiger partial charge in [-0.25, -0.2) is 0 Å². The first-order chi connectivity index (χ1) is 14.1. The molecule has 0 bridgehead atoms. The van der Waals surface area contributed by atoms with Gasteiger partial charge in [0.05, 0.1) is 10.8 Å². The number of methoxy groups -OCH3 is 1. The third kappa shape index (κ3) is 5.96. The van der Waals surface area contributed by atoms with Crippen LogP contribution in [0.1, 0.15) is 6.42 Å². The lowest BCUT2D eigenvalue weighted by molar-refractivity contribution is -0.113. The third-order valence-corrected chi connectivity index (χ3v) is 5.57. The van der Waals surface area contributed by atoms with Crippen LogP contribution in [0.2, 0.25) is 10.0 Å². The number of rotatable bonds is 9. The van der Waals surface area contributed by atoms with Gasteiger partial charge in [0.1, 0.15) is 0 Å². The molecule has 2 aromatic carbocycles. The standard InChI is InChI=1S/C20H20Cl2N4O2S/c1-28-12-4-11-26-19(16-5-2-3-6-17(16)22)24-25-20(26)29-13-18(27)23-15-9-7-14(21)8-10-15/h2-3,5-10H,4,11-13H2,1H3,(H,23,27). The molecule has 0 saturated carbocycles. The van der Waals surface area contributed by atoms with Crippen LogP contribution in [0.15, 0.2) is 53.7 Å². The number of amides is 1. The fourth-order valence-corrected chi connectivity index (χ4v) is 3.78. The van der Waals surface area contributed by atoms with Crippen LogP contribution >= 0.6 is 35.0 Å². The summed E-state index contributed by atoms with van der Waals surface area (Å²) < 4.78 is 7.13. The Labute approximate surface area is 183 Å². The molecule has 0 aliphatic rings. The Morgan fingerprint density at radius 3 is 2.62 bits per heavy atom. The number of benzene rings is 2. The molecule has 1 amide bonds. The van der Waals surface area contributed by atoms with Crippen molar-refractivity contribution in [2.45, 2.75) is 18.1 Å². The highest BCUT2D eigenvalue weighted by atomic mass is 35.5. The molecule has 9 heteroatoms. The van der Waals surface area contributed by atoms with Gasteiger partial charge in [-0.1, -0.05) is 47.1 Å². The van der Waals surface area contributed by atoms with Crippen molar-refractivity contribution in [3.05, 3.63) is 58.6 Å². The van der Waals surface area contributed by atoms with E-state index in [0.29, 0.717) is 39.9 Å². The molecule has 1 N–H and O–H groups in total. The molecule has 1 aromatic heterocycles. The van der Waals surface area contributed by atoms with Crippen molar-refractivity contribution in [2.75, 3.05) is 24.8 Å². The van der Waals surface area contributed by atoms with Crippen LogP contribution < -0.4 is 5.32 Å². The van der Waals surface area contributed by atoms with Gasteiger partial charge in [-0.05, 0) is 42.8 Å². The minimum atomic E-state index is -0.136. The zero-order valence-corrected chi connectivity index (χ0v) is 18.1. The Morgan fingerprint density at radius 2 is 1.90 bits per heavy atom. The minimum absolute atomic E-state index is 0.136. The summed E-state index contributed by atoms with van der Waals surface area (Å²) in [5, 5.41) is 13.3. The van der Waals surface area contributed by atoms with E-state index in [9.17, 15) is 4.79 Å². The first-order valence-electron chi connectivity index (χ1n) is 8.93. The molecule has 0 unspecified atom stereocenters. The molecule has 6 nitrogen and oxygen atoms in total. The molecule has 3 aromatic rings. The number of thioether (sulfide) groups is 1. The number of carbonyl (C=O) groups is 1. The van der Waals surface area contributed by atoms with Gasteiger partial charge in [-0.2, -0.15) is 0 Å². The van der Waals surface area contributed by atoms with Crippen molar-refractivity contribution in [2.24, 2.45) is 0 Å². The maximum Gasteiger partial charge on any atom is 0.234 e. The van der Waals surface area contributed by atoms with E-state index in [1.165, 1.54) is 11.8 Å². The van der Waals surface area contributed by atoms with Crippen molar-refractivity contribution >= 4 is 46.6 Å². The molecule has 1 heterocycles. The molecule has 0 aliphatic carbocycles. The van der Waals surface area contributed by atoms with Gasteiger partial charge < -0.3 is 14.6 Å². The van der Waals surface area contributed by atoms with Crippen LogP contribution in [0, 0.1) is 0 Å². The van der Waals surface area contributed by atoms with Crippen LogP contribution in [0.3, 0.4) is 0 Å². The average molecular weight is 451 g/mol. The summed E-state index contributed by atoms with van der Waals surface area (Å²) >= 11 is 13.5. The Kier molecular flexibility index (Phi) is 7.94. The predicted octanol–water partition coefficient (Wildman–Crippen LogP) is 5.02. The number of aromatic nitrogens is 3. The molecule has 0 aliphatic heterocycles. The maximum atomic E-state index is 12.3. The van der Waals surface area contributed by atoms with Crippen LogP contribution in [0.5, 0.6) is 0 Å². The van der Waals surface area contributed by atoms with Gasteiger partial charge in [0, 0.05) is 36.5 Å². The van der Waals surface area contributed by atoms with Crippen LogP contribution in [0.4, 0.5) is 5.69 Å². The normalized spacial score (nSPS) is 10.9. The number of halogens is 2. The molecule has 3 rings (SSSR count). The van der Waals surface area contributed by atoms with Gasteiger partial charge >= 0.3 is 0 Å². The summed E-state index contributed by atoms with van der Waals surface area (Å²) in [7, 11) is 1.66. The fraction of sp³-hybridized carbons (Fsp3) is 0.250. The largest absolute Gasteiger partial charge is 0.385 e. The van der Waals surface area contributed by atoms with Crippen molar-refractivity contribution in [3.8, 4) is 11.4 Å². The monoisotopic (exact) mass is 450 g/mol. The summed E-state index contributed by atoms with van der Waals surface area (Å²) in [6.07, 6.45) is 0.788. The van der Waals surface area contributed by atoms with Crippen molar-refractivity contribution in [1.82, 2.24) is 14.8 Å². The van der Waals surface area contributed by atoms with Crippen molar-refractivity contribution < 1.29 is 9.53 Å². The van der Waals surface area contributed by atoms with E-state index in [4.69, 9.17) is 27.9 Å². The molecule has 0 saturated heterocycles. The molecule has 0 radical (unpaired) electrons. The topological polar surface area (TPSA) is 69.0 Å². The van der Waals surface area contributed by atoms with Crippen molar-refractivity contribution in [3.63, 3.8) is 0 Å². The lowest BCUT2D eigenvalue weighted by atomic mass is 10.2. The van der Waals surface area contributed by atoms with E-state index < -0.39 is 0 Å². The fourth-order valence-electron chi connectivity index (χ4n) is 2.67. The lowest BCUT2D eigenvalue weighted by Gasteiger charge is -2.11. The van der Waals surface area contributed by atoms with Crippen LogP contribution in [-0.2, 0) is 16.1 Å². The predicted molar refractivity (Wildman–Crippen MR) is 118 cm³/mol. The molecule has 0 fully saturated rings. The zero-order valence-electron chi connectivity index (χ0n) is 15.8. The quantitative estimate of drug-likeness (QED) is 0.366. The van der Waals surface area contributed by atoms with E-state index in [0.717, 1.165) is 12.0 Å². The number of nitrogens with zero attached hydrogens (tertiary/aromatic N) is 3. The highest BCUT2D eigenvalue weighted by molar-refractivity contribution is 7.99. The first-order valence-corrected chi connectivity index (χ1v) is 10.7. The Balaban J connectivity index is 1.73. The molecule has 0 spiro atoms. The zero-order chi connectivity index (χ0) is 20.6. The van der Waals surface area contributed by atoms with Crippen LogP contribution in [0.25, 0.3) is 11.4 Å². The lowest BCUT2D eigenvalue weighted by Crippen LogP contribution is -2.14. The van der Waals surface area contributed by atoms with E-state index in [2.05, 4.69) is 15.5 Å². The molecule has 152 valence electrons. The van der Waals surface area contributed by atoms with E-state index in [-0.39, 0.29) is 11.7 Å². The smallest absolute Gasteiger partial charge is 0.234 e. The maximum absolute atomic E-state index is 12.3. The summed E-state index contributed by atoms with van der Waals surface area (Å²) in [5.41, 5.74) is 1.50. The SMILES string of the molecule is COCCCn1c(SCC(=O)Nc2ccc(Cl)cc2)nnc1-c1ccccc1Cl. The second kappa shape index (κ2) is 10.6. The molecular weight excluding hydrogens is 431 g/mol. The van der Waals surface area contributed by atoms with Gasteiger partial charge in [0.15, 0.2) is 11.0 Å². The number of hydrogen-bond acceptors (Lipinski definition) is 5. The minimum Gasteiger partial charge on any atom is -0.385 e.